The lowest BCUT2D eigenvalue weighted by atomic mass is 10.0. The van der Waals surface area contributed by atoms with E-state index in [1.165, 1.54) is 11.1 Å². The first-order chi connectivity index (χ1) is 8.19. The third kappa shape index (κ3) is 3.08. The van der Waals surface area contributed by atoms with E-state index < -0.39 is 0 Å². The van der Waals surface area contributed by atoms with Crippen LogP contribution in [0.4, 0.5) is 0 Å². The van der Waals surface area contributed by atoms with Crippen molar-refractivity contribution in [2.24, 2.45) is 7.05 Å². The Labute approximate surface area is 106 Å². The number of aryl methyl sites for hydroxylation is 1. The molecular weight excluding hydrogens is 234 g/mol. The quantitative estimate of drug-likeness (QED) is 0.903. The van der Waals surface area contributed by atoms with Crippen molar-refractivity contribution in [2.75, 3.05) is 7.05 Å². The van der Waals surface area contributed by atoms with Gasteiger partial charge in [0.25, 0.3) is 0 Å². The summed E-state index contributed by atoms with van der Waals surface area (Å²) in [6.07, 6.45) is 4.84. The molecule has 0 aliphatic heterocycles. The first-order valence-electron chi connectivity index (χ1n) is 5.59. The Hall–Kier alpha value is -1.32. The molecule has 0 bridgehead atoms. The minimum Gasteiger partial charge on any atom is -0.313 e. The van der Waals surface area contributed by atoms with Gasteiger partial charge in [-0.15, -0.1) is 0 Å². The SMILES string of the molecule is CNC(Cc1cnn(C)c1)c1cccc(Cl)c1. The highest BCUT2D eigenvalue weighted by molar-refractivity contribution is 6.30. The molecule has 2 rings (SSSR count). The van der Waals surface area contributed by atoms with Crippen LogP contribution in [0, 0.1) is 0 Å². The molecule has 2 aromatic rings. The van der Waals surface area contributed by atoms with Crippen molar-refractivity contribution in [3.63, 3.8) is 0 Å². The first kappa shape index (κ1) is 12.1. The predicted molar refractivity (Wildman–Crippen MR) is 70.2 cm³/mol. The fourth-order valence-corrected chi connectivity index (χ4v) is 2.12. The fourth-order valence-electron chi connectivity index (χ4n) is 1.92. The molecule has 4 heteroatoms. The van der Waals surface area contributed by atoms with E-state index in [-0.39, 0.29) is 6.04 Å². The molecule has 3 nitrogen and oxygen atoms in total. The molecule has 1 heterocycles. The Balaban J connectivity index is 2.16. The minimum atomic E-state index is 0.262. The second kappa shape index (κ2) is 5.34. The highest BCUT2D eigenvalue weighted by atomic mass is 35.5. The molecule has 0 radical (unpaired) electrons. The Morgan fingerprint density at radius 2 is 2.29 bits per heavy atom. The topological polar surface area (TPSA) is 29.9 Å². The Kier molecular flexibility index (Phi) is 3.82. The maximum absolute atomic E-state index is 6.01. The maximum Gasteiger partial charge on any atom is 0.0522 e. The zero-order chi connectivity index (χ0) is 12.3. The van der Waals surface area contributed by atoms with E-state index in [0.29, 0.717) is 0 Å². The molecule has 0 aliphatic rings. The normalized spacial score (nSPS) is 12.6. The van der Waals surface area contributed by atoms with Gasteiger partial charge in [0.1, 0.15) is 0 Å². The second-order valence-electron chi connectivity index (χ2n) is 4.12. The van der Waals surface area contributed by atoms with Crippen LogP contribution in [0.25, 0.3) is 0 Å². The molecule has 90 valence electrons. The van der Waals surface area contributed by atoms with Crippen LogP contribution < -0.4 is 5.32 Å². The van der Waals surface area contributed by atoms with Crippen LogP contribution in [0.1, 0.15) is 17.2 Å². The van der Waals surface area contributed by atoms with Crippen molar-refractivity contribution in [1.82, 2.24) is 15.1 Å². The number of nitrogens with one attached hydrogen (secondary N) is 1. The van der Waals surface area contributed by atoms with Crippen LogP contribution in [0.2, 0.25) is 5.02 Å². The second-order valence-corrected chi connectivity index (χ2v) is 4.56. The Bertz CT molecular complexity index is 493. The highest BCUT2D eigenvalue weighted by Gasteiger charge is 2.11. The summed E-state index contributed by atoms with van der Waals surface area (Å²) in [5, 5.41) is 8.26. The van der Waals surface area contributed by atoms with Crippen LogP contribution in [0.15, 0.2) is 36.7 Å². The van der Waals surface area contributed by atoms with Gasteiger partial charge in [-0.05, 0) is 36.7 Å². The summed E-state index contributed by atoms with van der Waals surface area (Å²) in [6, 6.07) is 8.22. The molecule has 0 saturated heterocycles. The number of hydrogen-bond acceptors (Lipinski definition) is 2. The average Bonchev–Trinajstić information content (AvgIpc) is 2.72. The predicted octanol–water partition coefficient (Wildman–Crippen LogP) is 2.58. The number of likely N-dealkylation sites (N-methyl/N-ethyl adjacent to an activating group) is 1. The molecule has 1 aromatic heterocycles. The molecule has 1 unspecified atom stereocenters. The molecule has 1 N–H and O–H groups in total. The van der Waals surface area contributed by atoms with Crippen LogP contribution in [-0.2, 0) is 13.5 Å². The lowest BCUT2D eigenvalue weighted by Gasteiger charge is -2.15. The molecule has 17 heavy (non-hydrogen) atoms. The van der Waals surface area contributed by atoms with E-state index >= 15 is 0 Å². The number of nitrogens with zero attached hydrogens (tertiary/aromatic N) is 2. The number of hydrogen-bond donors (Lipinski definition) is 1. The molecule has 1 atom stereocenters. The van der Waals surface area contributed by atoms with Crippen molar-refractivity contribution in [3.8, 4) is 0 Å². The van der Waals surface area contributed by atoms with Crippen molar-refractivity contribution < 1.29 is 0 Å². The molecule has 1 aromatic carbocycles. The summed E-state index contributed by atoms with van der Waals surface area (Å²) in [7, 11) is 3.89. The van der Waals surface area contributed by atoms with E-state index in [9.17, 15) is 0 Å². The van der Waals surface area contributed by atoms with Crippen LogP contribution in [-0.4, -0.2) is 16.8 Å². The van der Waals surface area contributed by atoms with Crippen molar-refractivity contribution >= 4 is 11.6 Å². The van der Waals surface area contributed by atoms with Gasteiger partial charge in [0.15, 0.2) is 0 Å². The molecule has 0 saturated carbocycles. The summed E-state index contributed by atoms with van der Waals surface area (Å²) < 4.78 is 1.82. The van der Waals surface area contributed by atoms with Crippen LogP contribution >= 0.6 is 11.6 Å². The summed E-state index contributed by atoms with van der Waals surface area (Å²) in [4.78, 5) is 0. The van der Waals surface area contributed by atoms with E-state index in [2.05, 4.69) is 16.5 Å². The van der Waals surface area contributed by atoms with Crippen molar-refractivity contribution in [1.29, 1.82) is 0 Å². The van der Waals surface area contributed by atoms with E-state index in [0.717, 1.165) is 11.4 Å². The van der Waals surface area contributed by atoms with Gasteiger partial charge in [0.2, 0.25) is 0 Å². The third-order valence-electron chi connectivity index (χ3n) is 2.80. The van der Waals surface area contributed by atoms with Gasteiger partial charge < -0.3 is 5.32 Å². The smallest absolute Gasteiger partial charge is 0.0522 e. The van der Waals surface area contributed by atoms with Gasteiger partial charge in [-0.1, -0.05) is 23.7 Å². The van der Waals surface area contributed by atoms with Crippen molar-refractivity contribution in [3.05, 3.63) is 52.8 Å². The minimum absolute atomic E-state index is 0.262. The Morgan fingerprint density at radius 3 is 2.88 bits per heavy atom. The van der Waals surface area contributed by atoms with Gasteiger partial charge in [-0.2, -0.15) is 5.10 Å². The summed E-state index contributed by atoms with van der Waals surface area (Å²) in [5.74, 6) is 0. The first-order valence-corrected chi connectivity index (χ1v) is 5.97. The zero-order valence-corrected chi connectivity index (χ0v) is 10.8. The maximum atomic E-state index is 6.01. The third-order valence-corrected chi connectivity index (χ3v) is 3.03. The number of benzene rings is 1. The number of rotatable bonds is 4. The van der Waals surface area contributed by atoms with E-state index in [4.69, 9.17) is 11.6 Å². The molecular formula is C13H16ClN3. The van der Waals surface area contributed by atoms with Crippen molar-refractivity contribution in [2.45, 2.75) is 12.5 Å². The molecule has 0 aliphatic carbocycles. The molecule has 0 fully saturated rings. The van der Waals surface area contributed by atoms with Gasteiger partial charge >= 0.3 is 0 Å². The average molecular weight is 250 g/mol. The van der Waals surface area contributed by atoms with Crippen LogP contribution in [0.3, 0.4) is 0 Å². The van der Waals surface area contributed by atoms with Crippen LogP contribution in [0.5, 0.6) is 0 Å². The van der Waals surface area contributed by atoms with Gasteiger partial charge in [0, 0.05) is 24.3 Å². The fraction of sp³-hybridized carbons (Fsp3) is 0.308. The number of halogens is 1. The number of aromatic nitrogens is 2. The van der Waals surface area contributed by atoms with Gasteiger partial charge in [0.05, 0.1) is 6.20 Å². The van der Waals surface area contributed by atoms with E-state index in [1.807, 2.05) is 49.4 Å². The lowest BCUT2D eigenvalue weighted by Crippen LogP contribution is -2.18. The lowest BCUT2D eigenvalue weighted by molar-refractivity contribution is 0.592. The zero-order valence-electron chi connectivity index (χ0n) is 10.0. The standard InChI is InChI=1S/C13H16ClN3/c1-15-13(6-10-8-16-17(2)9-10)11-4-3-5-12(14)7-11/h3-5,7-9,13,15H,6H2,1-2H3. The van der Waals surface area contributed by atoms with Gasteiger partial charge in [-0.3, -0.25) is 4.68 Å². The largest absolute Gasteiger partial charge is 0.313 e. The summed E-state index contributed by atoms with van der Waals surface area (Å²) in [5.41, 5.74) is 2.41. The van der Waals surface area contributed by atoms with Gasteiger partial charge in [-0.25, -0.2) is 0 Å². The highest BCUT2D eigenvalue weighted by Crippen LogP contribution is 2.20. The summed E-state index contributed by atoms with van der Waals surface area (Å²) in [6.45, 7) is 0. The monoisotopic (exact) mass is 249 g/mol. The molecule has 0 amide bonds. The van der Waals surface area contributed by atoms with E-state index in [1.54, 1.807) is 0 Å². The summed E-state index contributed by atoms with van der Waals surface area (Å²) >= 11 is 6.01. The molecule has 0 spiro atoms. The Morgan fingerprint density at radius 1 is 1.47 bits per heavy atom.